The zero-order chi connectivity index (χ0) is 19.8. The molecule has 0 spiro atoms. The third-order valence-corrected chi connectivity index (χ3v) is 5.57. The minimum absolute atomic E-state index is 0.0937. The molecule has 2 fully saturated rings. The number of hydrogen-bond donors (Lipinski definition) is 2. The average Bonchev–Trinajstić information content (AvgIpc) is 3.03. The van der Waals surface area contributed by atoms with Crippen LogP contribution >= 0.6 is 0 Å². The maximum atomic E-state index is 12.4. The van der Waals surface area contributed by atoms with Gasteiger partial charge in [-0.25, -0.2) is 0 Å². The van der Waals surface area contributed by atoms with Crippen LogP contribution in [0.1, 0.15) is 50.7 Å². The van der Waals surface area contributed by atoms with Gasteiger partial charge in [0.05, 0.1) is 13.1 Å². The Labute approximate surface area is 167 Å². The topological polar surface area (TPSA) is 90.7 Å². The first-order chi connectivity index (χ1) is 13.6. The van der Waals surface area contributed by atoms with Crippen LogP contribution in [-0.4, -0.2) is 72.1 Å². The molecule has 28 heavy (non-hydrogen) atoms. The SMILES string of the molecule is Cc1cc(NC(=O)CN2CCN(CC(=O)NC3CCCCCCC3)CC2)no1. The van der Waals surface area contributed by atoms with Gasteiger partial charge in [0, 0.05) is 38.3 Å². The van der Waals surface area contributed by atoms with E-state index in [9.17, 15) is 9.59 Å². The smallest absolute Gasteiger partial charge is 0.239 e. The number of aromatic nitrogens is 1. The monoisotopic (exact) mass is 391 g/mol. The van der Waals surface area contributed by atoms with Crippen LogP contribution in [-0.2, 0) is 9.59 Å². The van der Waals surface area contributed by atoms with Crippen LogP contribution in [0, 0.1) is 6.92 Å². The Balaban J connectivity index is 1.33. The van der Waals surface area contributed by atoms with Gasteiger partial charge in [-0.05, 0) is 19.8 Å². The van der Waals surface area contributed by atoms with E-state index in [-0.39, 0.29) is 11.8 Å². The Morgan fingerprint density at radius 2 is 1.57 bits per heavy atom. The Morgan fingerprint density at radius 1 is 1.00 bits per heavy atom. The average molecular weight is 392 g/mol. The van der Waals surface area contributed by atoms with E-state index in [0.29, 0.717) is 30.7 Å². The minimum atomic E-state index is -0.0937. The molecule has 156 valence electrons. The number of hydrogen-bond acceptors (Lipinski definition) is 6. The first-order valence-corrected chi connectivity index (χ1v) is 10.6. The summed E-state index contributed by atoms with van der Waals surface area (Å²) in [5.41, 5.74) is 0. The highest BCUT2D eigenvalue weighted by Crippen LogP contribution is 2.17. The number of carbonyl (C=O) groups is 2. The molecule has 1 aliphatic heterocycles. The number of nitrogens with zero attached hydrogens (tertiary/aromatic N) is 3. The van der Waals surface area contributed by atoms with Crippen molar-refractivity contribution < 1.29 is 14.1 Å². The van der Waals surface area contributed by atoms with Crippen LogP contribution < -0.4 is 10.6 Å². The number of aryl methyl sites for hydroxylation is 1. The van der Waals surface area contributed by atoms with E-state index in [2.05, 4.69) is 25.6 Å². The number of rotatable bonds is 6. The Morgan fingerprint density at radius 3 is 2.14 bits per heavy atom. The second-order valence-electron chi connectivity index (χ2n) is 8.03. The largest absolute Gasteiger partial charge is 0.360 e. The summed E-state index contributed by atoms with van der Waals surface area (Å²) in [6.45, 7) is 5.73. The summed E-state index contributed by atoms with van der Waals surface area (Å²) in [6, 6.07) is 2.04. The number of carbonyl (C=O) groups excluding carboxylic acids is 2. The molecule has 8 heteroatoms. The molecule has 1 saturated heterocycles. The lowest BCUT2D eigenvalue weighted by Gasteiger charge is -2.34. The third-order valence-electron chi connectivity index (χ3n) is 5.57. The van der Waals surface area contributed by atoms with E-state index in [1.807, 2.05) is 0 Å². The molecule has 0 radical (unpaired) electrons. The molecule has 2 N–H and O–H groups in total. The maximum absolute atomic E-state index is 12.4. The van der Waals surface area contributed by atoms with Crippen molar-refractivity contribution >= 4 is 17.6 Å². The fraction of sp³-hybridized carbons (Fsp3) is 0.750. The van der Waals surface area contributed by atoms with Gasteiger partial charge >= 0.3 is 0 Å². The zero-order valence-corrected chi connectivity index (χ0v) is 16.9. The van der Waals surface area contributed by atoms with Crippen molar-refractivity contribution in [1.29, 1.82) is 0 Å². The quantitative estimate of drug-likeness (QED) is 0.768. The Bertz CT molecular complexity index is 632. The van der Waals surface area contributed by atoms with Crippen LogP contribution in [0.4, 0.5) is 5.82 Å². The summed E-state index contributed by atoms with van der Waals surface area (Å²) >= 11 is 0. The molecule has 0 atom stereocenters. The second-order valence-corrected chi connectivity index (χ2v) is 8.03. The summed E-state index contributed by atoms with van der Waals surface area (Å²) in [4.78, 5) is 28.8. The Hall–Kier alpha value is -1.93. The number of nitrogens with one attached hydrogen (secondary N) is 2. The molecule has 0 unspecified atom stereocenters. The normalized spacial score (nSPS) is 20.3. The van der Waals surface area contributed by atoms with Gasteiger partial charge in [-0.3, -0.25) is 19.4 Å². The second kappa shape index (κ2) is 10.6. The van der Waals surface area contributed by atoms with Crippen molar-refractivity contribution in [2.24, 2.45) is 0 Å². The van der Waals surface area contributed by atoms with Crippen molar-refractivity contribution in [3.63, 3.8) is 0 Å². The van der Waals surface area contributed by atoms with Crippen LogP contribution in [0.3, 0.4) is 0 Å². The lowest BCUT2D eigenvalue weighted by molar-refractivity contribution is -0.124. The van der Waals surface area contributed by atoms with E-state index < -0.39 is 0 Å². The molecule has 1 aliphatic carbocycles. The first-order valence-electron chi connectivity index (χ1n) is 10.6. The van der Waals surface area contributed by atoms with Gasteiger partial charge in [-0.15, -0.1) is 0 Å². The molecular weight excluding hydrogens is 358 g/mol. The predicted molar refractivity (Wildman–Crippen MR) is 107 cm³/mol. The molecule has 3 rings (SSSR count). The van der Waals surface area contributed by atoms with E-state index in [1.54, 1.807) is 13.0 Å². The van der Waals surface area contributed by atoms with Crippen LogP contribution in [0.25, 0.3) is 0 Å². The molecule has 1 aromatic rings. The standard InChI is InChI=1S/C20H33N5O3/c1-16-13-18(23-28-16)22-20(27)15-25-11-9-24(10-12-25)14-19(26)21-17-7-5-3-2-4-6-8-17/h13,17H,2-12,14-15H2,1H3,(H,21,26)(H,22,23,27). The van der Waals surface area contributed by atoms with Crippen molar-refractivity contribution in [2.75, 3.05) is 44.6 Å². The molecule has 1 saturated carbocycles. The summed E-state index contributed by atoms with van der Waals surface area (Å²) in [6.07, 6.45) is 8.58. The fourth-order valence-corrected chi connectivity index (χ4v) is 3.99. The summed E-state index contributed by atoms with van der Waals surface area (Å²) < 4.78 is 4.95. The van der Waals surface area contributed by atoms with Gasteiger partial charge in [0.1, 0.15) is 5.76 Å². The summed E-state index contributed by atoms with van der Waals surface area (Å²) in [5, 5.41) is 9.75. The van der Waals surface area contributed by atoms with Gasteiger partial charge < -0.3 is 15.2 Å². The zero-order valence-electron chi connectivity index (χ0n) is 16.9. The Kier molecular flexibility index (Phi) is 7.85. The molecular formula is C20H33N5O3. The van der Waals surface area contributed by atoms with Crippen molar-refractivity contribution in [3.05, 3.63) is 11.8 Å². The van der Waals surface area contributed by atoms with E-state index >= 15 is 0 Å². The number of anilines is 1. The van der Waals surface area contributed by atoms with Gasteiger partial charge in [-0.1, -0.05) is 37.3 Å². The van der Waals surface area contributed by atoms with Gasteiger partial charge in [0.25, 0.3) is 0 Å². The van der Waals surface area contributed by atoms with Crippen molar-refractivity contribution in [3.8, 4) is 0 Å². The summed E-state index contributed by atoms with van der Waals surface area (Å²) in [5.74, 6) is 1.16. The van der Waals surface area contributed by atoms with Crippen LogP contribution in [0.15, 0.2) is 10.6 Å². The molecule has 2 amide bonds. The third kappa shape index (κ3) is 6.91. The van der Waals surface area contributed by atoms with Crippen LogP contribution in [0.2, 0.25) is 0 Å². The number of amides is 2. The van der Waals surface area contributed by atoms with Gasteiger partial charge in [-0.2, -0.15) is 0 Å². The van der Waals surface area contributed by atoms with Crippen molar-refractivity contribution in [1.82, 2.24) is 20.3 Å². The highest BCUT2D eigenvalue weighted by atomic mass is 16.5. The van der Waals surface area contributed by atoms with Gasteiger partial charge in [0.2, 0.25) is 11.8 Å². The predicted octanol–water partition coefficient (Wildman–Crippen LogP) is 1.77. The van der Waals surface area contributed by atoms with Gasteiger partial charge in [0.15, 0.2) is 5.82 Å². The van der Waals surface area contributed by atoms with E-state index in [0.717, 1.165) is 39.0 Å². The summed E-state index contributed by atoms with van der Waals surface area (Å²) in [7, 11) is 0. The molecule has 2 heterocycles. The molecule has 0 aromatic carbocycles. The molecule has 1 aromatic heterocycles. The molecule has 8 nitrogen and oxygen atoms in total. The fourth-order valence-electron chi connectivity index (χ4n) is 3.99. The van der Waals surface area contributed by atoms with E-state index in [1.165, 1.54) is 32.1 Å². The lowest BCUT2D eigenvalue weighted by Crippen LogP contribution is -2.51. The highest BCUT2D eigenvalue weighted by molar-refractivity contribution is 5.91. The lowest BCUT2D eigenvalue weighted by atomic mass is 9.97. The maximum Gasteiger partial charge on any atom is 0.239 e. The van der Waals surface area contributed by atoms with Crippen LogP contribution in [0.5, 0.6) is 0 Å². The molecule has 0 bridgehead atoms. The highest BCUT2D eigenvalue weighted by Gasteiger charge is 2.22. The molecule has 2 aliphatic rings. The minimum Gasteiger partial charge on any atom is -0.360 e. The number of piperazine rings is 1. The van der Waals surface area contributed by atoms with Crippen molar-refractivity contribution in [2.45, 2.75) is 57.9 Å². The first kappa shape index (κ1) is 20.8. The van der Waals surface area contributed by atoms with E-state index in [4.69, 9.17) is 4.52 Å².